The minimum atomic E-state index is -0.150. The molecule has 1 aliphatic rings. The Labute approximate surface area is 149 Å². The molecule has 1 aliphatic heterocycles. The largest absolute Gasteiger partial charge is 0.497 e. The van der Waals surface area contributed by atoms with Crippen molar-refractivity contribution in [3.8, 4) is 5.75 Å². The lowest BCUT2D eigenvalue weighted by Gasteiger charge is -2.25. The molecule has 1 heterocycles. The Hall–Kier alpha value is -1.78. The molecule has 1 unspecified atom stereocenters. The molecule has 0 bridgehead atoms. The number of ether oxygens (including phenoxy) is 1. The third kappa shape index (κ3) is 4.19. The van der Waals surface area contributed by atoms with E-state index < -0.39 is 0 Å². The second-order valence-corrected chi connectivity index (χ2v) is 6.25. The molecule has 1 fully saturated rings. The summed E-state index contributed by atoms with van der Waals surface area (Å²) in [5, 5.41) is 8.74. The first-order chi connectivity index (χ1) is 11.2. The lowest BCUT2D eigenvalue weighted by molar-refractivity contribution is -0.123. The van der Waals surface area contributed by atoms with Crippen LogP contribution in [0.5, 0.6) is 5.75 Å². The first-order valence-corrected chi connectivity index (χ1v) is 8.26. The number of hydrogen-bond acceptors (Lipinski definition) is 3. The molecule has 5 heteroatoms. The van der Waals surface area contributed by atoms with Gasteiger partial charge in [0.05, 0.1) is 13.0 Å². The molecule has 1 amide bonds. The Kier molecular flexibility index (Phi) is 6.46. The van der Waals surface area contributed by atoms with E-state index in [1.807, 2.05) is 31.2 Å². The molecule has 24 heavy (non-hydrogen) atoms. The third-order valence-corrected chi connectivity index (χ3v) is 4.61. The molecule has 4 nitrogen and oxygen atoms in total. The molecule has 0 aliphatic carbocycles. The number of methoxy groups -OCH3 is 1. The van der Waals surface area contributed by atoms with Gasteiger partial charge in [0.25, 0.3) is 0 Å². The number of carbonyl (C=O) groups excluding carboxylic acids is 1. The number of hydrogen-bond donors (Lipinski definition) is 2. The van der Waals surface area contributed by atoms with Crippen LogP contribution in [0, 0.1) is 0 Å². The van der Waals surface area contributed by atoms with Gasteiger partial charge in [-0.1, -0.05) is 24.3 Å². The fourth-order valence-corrected chi connectivity index (χ4v) is 3.09. The summed E-state index contributed by atoms with van der Waals surface area (Å²) in [6, 6.07) is 12.4. The van der Waals surface area contributed by atoms with Gasteiger partial charge in [-0.3, -0.25) is 4.79 Å². The van der Waals surface area contributed by atoms with E-state index in [0.29, 0.717) is 0 Å². The van der Waals surface area contributed by atoms with Crippen molar-refractivity contribution in [2.24, 2.45) is 0 Å². The summed E-state index contributed by atoms with van der Waals surface area (Å²) in [6.45, 7) is 3.89. The highest BCUT2D eigenvalue weighted by Crippen LogP contribution is 2.25. The molecule has 2 aromatic rings. The SMILES string of the molecule is COc1ccc2cc(C(C)C(=O)N[C@H]3CCCNC3)ccc2c1.Cl. The average molecular weight is 349 g/mol. The van der Waals surface area contributed by atoms with Gasteiger partial charge in [-0.05, 0) is 54.8 Å². The van der Waals surface area contributed by atoms with E-state index in [2.05, 4.69) is 22.8 Å². The molecule has 2 atom stereocenters. The summed E-state index contributed by atoms with van der Waals surface area (Å²) < 4.78 is 5.25. The lowest BCUT2D eigenvalue weighted by Crippen LogP contribution is -2.46. The van der Waals surface area contributed by atoms with Crippen molar-refractivity contribution in [1.29, 1.82) is 0 Å². The van der Waals surface area contributed by atoms with Gasteiger partial charge in [0, 0.05) is 12.6 Å². The van der Waals surface area contributed by atoms with Crippen LogP contribution in [0.1, 0.15) is 31.2 Å². The average Bonchev–Trinajstić information content (AvgIpc) is 2.61. The van der Waals surface area contributed by atoms with Gasteiger partial charge >= 0.3 is 0 Å². The summed E-state index contributed by atoms with van der Waals surface area (Å²) in [7, 11) is 1.67. The Bertz CT molecular complexity index is 699. The number of piperidine rings is 1. The van der Waals surface area contributed by atoms with Crippen LogP contribution in [0.15, 0.2) is 36.4 Å². The van der Waals surface area contributed by atoms with E-state index in [1.165, 1.54) is 0 Å². The van der Waals surface area contributed by atoms with Crippen molar-refractivity contribution < 1.29 is 9.53 Å². The fourth-order valence-electron chi connectivity index (χ4n) is 3.09. The summed E-state index contributed by atoms with van der Waals surface area (Å²) in [5.74, 6) is 0.802. The highest BCUT2D eigenvalue weighted by atomic mass is 35.5. The van der Waals surface area contributed by atoms with Crippen LogP contribution in [-0.2, 0) is 4.79 Å². The van der Waals surface area contributed by atoms with Crippen molar-refractivity contribution in [2.45, 2.75) is 31.7 Å². The van der Waals surface area contributed by atoms with E-state index in [9.17, 15) is 4.79 Å². The van der Waals surface area contributed by atoms with Crippen LogP contribution < -0.4 is 15.4 Å². The van der Waals surface area contributed by atoms with Crippen molar-refractivity contribution in [3.63, 3.8) is 0 Å². The smallest absolute Gasteiger partial charge is 0.227 e. The normalized spacial score (nSPS) is 18.5. The Morgan fingerprint density at radius 1 is 1.25 bits per heavy atom. The molecule has 0 radical (unpaired) electrons. The monoisotopic (exact) mass is 348 g/mol. The van der Waals surface area contributed by atoms with Crippen LogP contribution in [0.25, 0.3) is 10.8 Å². The van der Waals surface area contributed by atoms with Crippen LogP contribution in [0.3, 0.4) is 0 Å². The Morgan fingerprint density at radius 3 is 2.71 bits per heavy atom. The van der Waals surface area contributed by atoms with E-state index >= 15 is 0 Å². The van der Waals surface area contributed by atoms with Crippen molar-refractivity contribution in [2.75, 3.05) is 20.2 Å². The summed E-state index contributed by atoms with van der Waals surface area (Å²) in [4.78, 5) is 12.5. The molecule has 0 saturated carbocycles. The fraction of sp³-hybridized carbons (Fsp3) is 0.421. The first kappa shape index (κ1) is 18.6. The minimum Gasteiger partial charge on any atom is -0.497 e. The quantitative estimate of drug-likeness (QED) is 0.891. The molecule has 3 rings (SSSR count). The molecule has 130 valence electrons. The zero-order valence-electron chi connectivity index (χ0n) is 14.2. The summed E-state index contributed by atoms with van der Waals surface area (Å²) in [6.07, 6.45) is 2.18. The highest BCUT2D eigenvalue weighted by Gasteiger charge is 2.20. The number of halogens is 1. The molecule has 2 N–H and O–H groups in total. The predicted molar refractivity (Wildman–Crippen MR) is 100 cm³/mol. The zero-order chi connectivity index (χ0) is 16.2. The molecule has 0 spiro atoms. The topological polar surface area (TPSA) is 50.4 Å². The minimum absolute atomic E-state index is 0. The second kappa shape index (κ2) is 8.36. The van der Waals surface area contributed by atoms with Gasteiger partial charge in [0.2, 0.25) is 5.91 Å². The van der Waals surface area contributed by atoms with Gasteiger partial charge < -0.3 is 15.4 Å². The van der Waals surface area contributed by atoms with E-state index in [1.54, 1.807) is 7.11 Å². The number of benzene rings is 2. The van der Waals surface area contributed by atoms with Gasteiger partial charge in [0.1, 0.15) is 5.75 Å². The summed E-state index contributed by atoms with van der Waals surface area (Å²) >= 11 is 0. The molecular formula is C19H25ClN2O2. The van der Waals surface area contributed by atoms with Gasteiger partial charge in [-0.25, -0.2) is 0 Å². The van der Waals surface area contributed by atoms with E-state index in [4.69, 9.17) is 4.74 Å². The number of rotatable bonds is 4. The first-order valence-electron chi connectivity index (χ1n) is 8.26. The lowest BCUT2D eigenvalue weighted by atomic mass is 9.96. The molecular weight excluding hydrogens is 324 g/mol. The molecule has 1 saturated heterocycles. The molecule has 0 aromatic heterocycles. The molecule has 2 aromatic carbocycles. The Balaban J connectivity index is 0.00000208. The van der Waals surface area contributed by atoms with Crippen LogP contribution >= 0.6 is 12.4 Å². The number of nitrogens with one attached hydrogen (secondary N) is 2. The van der Waals surface area contributed by atoms with Gasteiger partial charge in [-0.2, -0.15) is 0 Å². The number of carbonyl (C=O) groups is 1. The van der Waals surface area contributed by atoms with E-state index in [-0.39, 0.29) is 30.3 Å². The Morgan fingerprint density at radius 2 is 2.00 bits per heavy atom. The standard InChI is InChI=1S/C19H24N2O2.ClH/c1-13(19(22)21-17-4-3-9-20-12-17)14-5-6-16-11-18(23-2)8-7-15(16)10-14;/h5-8,10-11,13,17,20H,3-4,9,12H2,1-2H3,(H,21,22);1H/t13?,17-;/m0./s1. The maximum absolute atomic E-state index is 12.5. The van der Waals surface area contributed by atoms with Crippen LogP contribution in [0.4, 0.5) is 0 Å². The maximum Gasteiger partial charge on any atom is 0.227 e. The van der Waals surface area contributed by atoms with Gasteiger partial charge in [0.15, 0.2) is 0 Å². The number of amides is 1. The van der Waals surface area contributed by atoms with Crippen molar-refractivity contribution >= 4 is 29.1 Å². The highest BCUT2D eigenvalue weighted by molar-refractivity contribution is 5.88. The zero-order valence-corrected chi connectivity index (χ0v) is 15.0. The third-order valence-electron chi connectivity index (χ3n) is 4.61. The maximum atomic E-state index is 12.5. The number of fused-ring (bicyclic) bond motifs is 1. The second-order valence-electron chi connectivity index (χ2n) is 6.25. The van der Waals surface area contributed by atoms with Gasteiger partial charge in [-0.15, -0.1) is 12.4 Å². The predicted octanol–water partition coefficient (Wildman–Crippen LogP) is 3.24. The van der Waals surface area contributed by atoms with Crippen LogP contribution in [-0.4, -0.2) is 32.1 Å². The summed E-state index contributed by atoms with van der Waals surface area (Å²) in [5.41, 5.74) is 1.05. The van der Waals surface area contributed by atoms with Crippen molar-refractivity contribution in [1.82, 2.24) is 10.6 Å². The van der Waals surface area contributed by atoms with Crippen LogP contribution in [0.2, 0.25) is 0 Å². The van der Waals surface area contributed by atoms with Crippen molar-refractivity contribution in [3.05, 3.63) is 42.0 Å². The van der Waals surface area contributed by atoms with E-state index in [0.717, 1.165) is 48.0 Å².